The zero-order chi connectivity index (χ0) is 6.15. The second kappa shape index (κ2) is 3.56. The molecular weight excluding hydrogens is 131 g/mol. The number of aliphatic hydroxyl groups excluding tert-OH is 1. The van der Waals surface area contributed by atoms with Crippen molar-refractivity contribution >= 4 is 5.97 Å². The van der Waals surface area contributed by atoms with E-state index in [2.05, 4.69) is 0 Å². The van der Waals surface area contributed by atoms with Crippen LogP contribution in [0.1, 0.15) is 12.8 Å². The van der Waals surface area contributed by atoms with Crippen LogP contribution in [0.3, 0.4) is 0 Å². The van der Waals surface area contributed by atoms with Gasteiger partial charge in [0.15, 0.2) is 0 Å². The maximum absolute atomic E-state index is 9.92. The fourth-order valence-corrected chi connectivity index (χ4v) is 0.757. The molecule has 2 unspecified atom stereocenters. The van der Waals surface area contributed by atoms with Gasteiger partial charge in [0.25, 0.3) is 0 Å². The number of hydrogen-bond donors (Lipinski definition) is 1. The first-order valence-electron chi connectivity index (χ1n) is 2.60. The van der Waals surface area contributed by atoms with Crippen molar-refractivity contribution in [1.82, 2.24) is 0 Å². The van der Waals surface area contributed by atoms with Gasteiger partial charge in [-0.2, -0.15) is 0 Å². The normalized spacial score (nSPS) is 32.1. The zero-order valence-corrected chi connectivity index (χ0v) is 7.33. The van der Waals surface area contributed by atoms with Crippen molar-refractivity contribution in [3.05, 3.63) is 0 Å². The zero-order valence-electron chi connectivity index (χ0n) is 5.33. The maximum atomic E-state index is 9.92. The average Bonchev–Trinajstić information content (AvgIpc) is 1.61. The van der Waals surface area contributed by atoms with Gasteiger partial charge >= 0.3 is 29.6 Å². The average molecular weight is 138 g/mol. The molecule has 1 fully saturated rings. The smallest absolute Gasteiger partial charge is 0.550 e. The van der Waals surface area contributed by atoms with Gasteiger partial charge in [0, 0.05) is 11.9 Å². The molecule has 46 valence electrons. The molecule has 0 aromatic heterocycles. The summed E-state index contributed by atoms with van der Waals surface area (Å²) < 4.78 is 0. The molecule has 1 aliphatic rings. The van der Waals surface area contributed by atoms with Gasteiger partial charge in [-0.3, -0.25) is 0 Å². The van der Waals surface area contributed by atoms with Gasteiger partial charge in [-0.05, 0) is 12.8 Å². The van der Waals surface area contributed by atoms with Crippen LogP contribution >= 0.6 is 0 Å². The summed E-state index contributed by atoms with van der Waals surface area (Å²) in [5.41, 5.74) is 0. The van der Waals surface area contributed by atoms with Crippen molar-refractivity contribution < 1.29 is 44.6 Å². The van der Waals surface area contributed by atoms with E-state index in [1.807, 2.05) is 0 Å². The van der Waals surface area contributed by atoms with E-state index >= 15 is 0 Å². The van der Waals surface area contributed by atoms with Crippen LogP contribution in [-0.4, -0.2) is 17.2 Å². The molecule has 0 amide bonds. The topological polar surface area (TPSA) is 60.4 Å². The first kappa shape index (κ1) is 9.43. The van der Waals surface area contributed by atoms with Crippen molar-refractivity contribution in [3.8, 4) is 0 Å². The van der Waals surface area contributed by atoms with Gasteiger partial charge in [-0.25, -0.2) is 0 Å². The fraction of sp³-hybridized carbons (Fsp3) is 0.800. The molecule has 2 atom stereocenters. The summed E-state index contributed by atoms with van der Waals surface area (Å²) in [7, 11) is 0. The van der Waals surface area contributed by atoms with Gasteiger partial charge in [0.1, 0.15) is 0 Å². The molecule has 1 N–H and O–H groups in total. The Morgan fingerprint density at radius 3 is 2.11 bits per heavy atom. The minimum Gasteiger partial charge on any atom is -0.550 e. The van der Waals surface area contributed by atoms with E-state index < -0.39 is 18.0 Å². The fourth-order valence-electron chi connectivity index (χ4n) is 0.757. The van der Waals surface area contributed by atoms with Crippen LogP contribution in [0.25, 0.3) is 0 Å². The standard InChI is InChI=1S/C5H8O3.Na/c6-4-2-1-3(4)5(7)8;/h3-4,6H,1-2H2,(H,7,8);/q;+1/p-1. The molecular formula is C5H7NaO3. The van der Waals surface area contributed by atoms with Gasteiger partial charge in [-0.15, -0.1) is 0 Å². The van der Waals surface area contributed by atoms with Gasteiger partial charge in [0.05, 0.1) is 6.10 Å². The number of carboxylic acids is 1. The Kier molecular flexibility index (Phi) is 3.73. The molecule has 0 saturated heterocycles. The summed E-state index contributed by atoms with van der Waals surface area (Å²) in [4.78, 5) is 9.92. The third kappa shape index (κ3) is 1.93. The minimum absolute atomic E-state index is 0. The maximum Gasteiger partial charge on any atom is 1.00 e. The Morgan fingerprint density at radius 2 is 2.11 bits per heavy atom. The van der Waals surface area contributed by atoms with Crippen molar-refractivity contribution in [2.24, 2.45) is 5.92 Å². The third-order valence-corrected chi connectivity index (χ3v) is 1.54. The van der Waals surface area contributed by atoms with Crippen LogP contribution < -0.4 is 34.7 Å². The van der Waals surface area contributed by atoms with E-state index in [0.29, 0.717) is 12.8 Å². The third-order valence-electron chi connectivity index (χ3n) is 1.54. The van der Waals surface area contributed by atoms with Crippen LogP contribution in [0, 0.1) is 5.92 Å². The molecule has 1 aliphatic carbocycles. The number of rotatable bonds is 1. The molecule has 0 aromatic carbocycles. The van der Waals surface area contributed by atoms with Gasteiger partial charge in [0.2, 0.25) is 0 Å². The monoisotopic (exact) mass is 138 g/mol. The van der Waals surface area contributed by atoms with Crippen molar-refractivity contribution in [1.29, 1.82) is 0 Å². The Bertz CT molecular complexity index is 115. The Balaban J connectivity index is 0.000000640. The van der Waals surface area contributed by atoms with Crippen LogP contribution in [0.5, 0.6) is 0 Å². The number of hydrogen-bond acceptors (Lipinski definition) is 3. The Hall–Kier alpha value is 0.430. The predicted molar refractivity (Wildman–Crippen MR) is 23.7 cm³/mol. The van der Waals surface area contributed by atoms with Crippen LogP contribution in [0.4, 0.5) is 0 Å². The summed E-state index contributed by atoms with van der Waals surface area (Å²) in [6.07, 6.45) is 0.544. The second-order valence-corrected chi connectivity index (χ2v) is 2.07. The molecule has 0 spiro atoms. The van der Waals surface area contributed by atoms with Crippen LogP contribution in [0.2, 0.25) is 0 Å². The van der Waals surface area contributed by atoms with Crippen molar-refractivity contribution in [2.75, 3.05) is 0 Å². The number of aliphatic hydroxyl groups is 1. The quantitative estimate of drug-likeness (QED) is 0.371. The van der Waals surface area contributed by atoms with E-state index in [4.69, 9.17) is 5.11 Å². The Morgan fingerprint density at radius 1 is 1.56 bits per heavy atom. The predicted octanol–water partition coefficient (Wildman–Crippen LogP) is -4.49. The Labute approximate surface area is 75.4 Å². The number of carboxylic acid groups (broad SMARTS) is 1. The van der Waals surface area contributed by atoms with Crippen molar-refractivity contribution in [2.45, 2.75) is 18.9 Å². The van der Waals surface area contributed by atoms with E-state index in [0.717, 1.165) is 0 Å². The number of aliphatic carboxylic acids is 1. The SMILES string of the molecule is O=C([O-])C1CCC1O.[Na+]. The summed E-state index contributed by atoms with van der Waals surface area (Å²) in [6, 6.07) is 0. The minimum atomic E-state index is -1.12. The number of carbonyl (C=O) groups excluding carboxylic acids is 1. The molecule has 0 aromatic rings. The molecule has 1 rings (SSSR count). The second-order valence-electron chi connectivity index (χ2n) is 2.07. The molecule has 0 aliphatic heterocycles. The summed E-state index contributed by atoms with van der Waals surface area (Å²) in [5, 5.41) is 18.6. The van der Waals surface area contributed by atoms with Crippen LogP contribution in [-0.2, 0) is 4.79 Å². The van der Waals surface area contributed by atoms with E-state index in [9.17, 15) is 9.90 Å². The first-order chi connectivity index (χ1) is 3.72. The molecule has 0 heterocycles. The molecule has 0 bridgehead atoms. The first-order valence-corrected chi connectivity index (χ1v) is 2.60. The molecule has 0 radical (unpaired) electrons. The van der Waals surface area contributed by atoms with Gasteiger partial charge < -0.3 is 15.0 Å². The van der Waals surface area contributed by atoms with E-state index in [1.54, 1.807) is 0 Å². The molecule has 1 saturated carbocycles. The number of carbonyl (C=O) groups is 1. The summed E-state index contributed by atoms with van der Waals surface area (Å²) in [5.74, 6) is -1.71. The van der Waals surface area contributed by atoms with Gasteiger partial charge in [-0.1, -0.05) is 0 Å². The summed E-state index contributed by atoms with van der Waals surface area (Å²) >= 11 is 0. The van der Waals surface area contributed by atoms with E-state index in [1.165, 1.54) is 0 Å². The summed E-state index contributed by atoms with van der Waals surface area (Å²) in [6.45, 7) is 0. The van der Waals surface area contributed by atoms with E-state index in [-0.39, 0.29) is 29.6 Å². The molecule has 3 nitrogen and oxygen atoms in total. The molecule has 4 heteroatoms. The van der Waals surface area contributed by atoms with Crippen LogP contribution in [0.15, 0.2) is 0 Å². The van der Waals surface area contributed by atoms with Crippen molar-refractivity contribution in [3.63, 3.8) is 0 Å². The molecule has 9 heavy (non-hydrogen) atoms. The largest absolute Gasteiger partial charge is 1.00 e.